The molecule has 128 valence electrons. The van der Waals surface area contributed by atoms with Gasteiger partial charge in [-0.15, -0.1) is 12.4 Å². The van der Waals surface area contributed by atoms with Crippen LogP contribution in [-0.4, -0.2) is 26.0 Å². The lowest BCUT2D eigenvalue weighted by Crippen LogP contribution is -2.41. The second kappa shape index (κ2) is 8.71. The van der Waals surface area contributed by atoms with Crippen molar-refractivity contribution in [1.82, 2.24) is 5.32 Å². The van der Waals surface area contributed by atoms with E-state index in [9.17, 15) is 4.79 Å². The zero-order valence-corrected chi connectivity index (χ0v) is 14.6. The molecule has 2 aromatic carbocycles. The maximum absolute atomic E-state index is 12.5. The van der Waals surface area contributed by atoms with Crippen LogP contribution in [0.25, 0.3) is 0 Å². The van der Waals surface area contributed by atoms with E-state index >= 15 is 0 Å². The molecule has 1 atom stereocenters. The maximum atomic E-state index is 12.5. The van der Waals surface area contributed by atoms with Crippen LogP contribution >= 0.6 is 12.4 Å². The summed E-state index contributed by atoms with van der Waals surface area (Å²) in [6.45, 7) is 1.79. The molecule has 0 bridgehead atoms. The number of rotatable bonds is 4. The Morgan fingerprint density at radius 2 is 1.75 bits per heavy atom. The van der Waals surface area contributed by atoms with Crippen LogP contribution < -0.4 is 15.0 Å². The van der Waals surface area contributed by atoms with Gasteiger partial charge in [0.1, 0.15) is 11.5 Å². The molecule has 0 spiro atoms. The van der Waals surface area contributed by atoms with Gasteiger partial charge in [0.15, 0.2) is 0 Å². The lowest BCUT2D eigenvalue weighted by molar-refractivity contribution is -0.122. The van der Waals surface area contributed by atoms with Gasteiger partial charge in [-0.05, 0) is 55.8 Å². The van der Waals surface area contributed by atoms with Crippen molar-refractivity contribution in [3.63, 3.8) is 0 Å². The molecule has 1 aliphatic heterocycles. The number of piperidine rings is 1. The average Bonchev–Trinajstić information content (AvgIpc) is 2.63. The molecule has 0 aliphatic carbocycles. The predicted octanol–water partition coefficient (Wildman–Crippen LogP) is 3.86. The molecule has 2 aromatic rings. The summed E-state index contributed by atoms with van der Waals surface area (Å²) in [5.41, 5.74) is 0.890. The molecule has 1 saturated heterocycles. The highest BCUT2D eigenvalue weighted by Crippen LogP contribution is 2.25. The third kappa shape index (κ3) is 4.49. The Hall–Kier alpha value is -2.04. The first kappa shape index (κ1) is 18.3. The number of nitrogens with one attached hydrogen (secondary N) is 1. The smallest absolute Gasteiger partial charge is 0.231 e. The van der Waals surface area contributed by atoms with Crippen molar-refractivity contribution in [3.05, 3.63) is 54.6 Å². The molecule has 1 N–H and O–H groups in total. The molecule has 1 heterocycles. The number of carbonyl (C=O) groups excluding carboxylic acids is 1. The number of halogens is 1. The highest BCUT2D eigenvalue weighted by Gasteiger charge is 2.24. The maximum Gasteiger partial charge on any atom is 0.231 e. The Kier molecular flexibility index (Phi) is 6.64. The van der Waals surface area contributed by atoms with E-state index in [1.54, 1.807) is 4.90 Å². The number of amides is 1. The lowest BCUT2D eigenvalue weighted by atomic mass is 9.98. The van der Waals surface area contributed by atoms with Crippen LogP contribution in [0, 0.1) is 5.92 Å². The molecule has 5 heteroatoms. The number of ether oxygens (including phenoxy) is 1. The molecule has 0 aromatic heterocycles. The minimum absolute atomic E-state index is 0. The summed E-state index contributed by atoms with van der Waals surface area (Å²) in [6.07, 6.45) is 2.03. The molecule has 4 nitrogen and oxygen atoms in total. The van der Waals surface area contributed by atoms with Gasteiger partial charge in [0.2, 0.25) is 5.91 Å². The molecule has 0 saturated carbocycles. The van der Waals surface area contributed by atoms with Crippen LogP contribution in [0.2, 0.25) is 0 Å². The Morgan fingerprint density at radius 1 is 1.08 bits per heavy atom. The summed E-state index contributed by atoms with van der Waals surface area (Å²) in [7, 11) is 1.84. The molecule has 24 heavy (non-hydrogen) atoms. The minimum Gasteiger partial charge on any atom is -0.457 e. The average molecular weight is 347 g/mol. The van der Waals surface area contributed by atoms with Gasteiger partial charge in [0, 0.05) is 19.3 Å². The molecule has 1 unspecified atom stereocenters. The standard InChI is InChI=1S/C19H22N2O2.ClH/c1-21(19(22)15-6-5-13-20-14-15)16-9-11-18(12-10-16)23-17-7-3-2-4-8-17;/h2-4,7-12,15,20H,5-6,13-14H2,1H3;1H. The second-order valence-electron chi connectivity index (χ2n) is 5.85. The van der Waals surface area contributed by atoms with Gasteiger partial charge in [0.25, 0.3) is 0 Å². The fraction of sp³-hybridized carbons (Fsp3) is 0.316. The summed E-state index contributed by atoms with van der Waals surface area (Å²) >= 11 is 0. The number of anilines is 1. The lowest BCUT2D eigenvalue weighted by Gasteiger charge is -2.27. The van der Waals surface area contributed by atoms with Crippen molar-refractivity contribution in [2.75, 3.05) is 25.0 Å². The first-order valence-corrected chi connectivity index (χ1v) is 8.05. The molecule has 3 rings (SSSR count). The first-order valence-electron chi connectivity index (χ1n) is 8.05. The Bertz CT molecular complexity index is 640. The van der Waals surface area contributed by atoms with Crippen molar-refractivity contribution >= 4 is 24.0 Å². The van der Waals surface area contributed by atoms with Gasteiger partial charge in [-0.1, -0.05) is 18.2 Å². The van der Waals surface area contributed by atoms with Crippen molar-refractivity contribution in [1.29, 1.82) is 0 Å². The summed E-state index contributed by atoms with van der Waals surface area (Å²) in [6, 6.07) is 17.3. The van der Waals surface area contributed by atoms with Gasteiger partial charge in [0.05, 0.1) is 5.92 Å². The monoisotopic (exact) mass is 346 g/mol. The molecule has 1 fully saturated rings. The predicted molar refractivity (Wildman–Crippen MR) is 99.2 cm³/mol. The molecular formula is C19H23ClN2O2. The zero-order valence-electron chi connectivity index (χ0n) is 13.8. The molecule has 1 amide bonds. The van der Waals surface area contributed by atoms with E-state index in [0.717, 1.165) is 43.1 Å². The zero-order chi connectivity index (χ0) is 16.1. The van der Waals surface area contributed by atoms with Crippen molar-refractivity contribution in [2.45, 2.75) is 12.8 Å². The van der Waals surface area contributed by atoms with Crippen LogP contribution in [0.3, 0.4) is 0 Å². The Balaban J connectivity index is 0.00000208. The van der Waals surface area contributed by atoms with Gasteiger partial charge in [-0.3, -0.25) is 4.79 Å². The number of carbonyl (C=O) groups is 1. The van der Waals surface area contributed by atoms with Gasteiger partial charge < -0.3 is 15.0 Å². The van der Waals surface area contributed by atoms with Crippen LogP contribution in [0.4, 0.5) is 5.69 Å². The molecular weight excluding hydrogens is 324 g/mol. The Labute approximate surface area is 149 Å². The largest absolute Gasteiger partial charge is 0.457 e. The third-order valence-electron chi connectivity index (χ3n) is 4.18. The minimum atomic E-state index is 0. The molecule has 0 radical (unpaired) electrons. The Morgan fingerprint density at radius 3 is 2.38 bits per heavy atom. The van der Waals surface area contributed by atoms with Crippen molar-refractivity contribution in [3.8, 4) is 11.5 Å². The third-order valence-corrected chi connectivity index (χ3v) is 4.18. The number of hydrogen-bond donors (Lipinski definition) is 1. The van der Waals surface area contributed by atoms with Crippen LogP contribution in [0.1, 0.15) is 12.8 Å². The highest BCUT2D eigenvalue weighted by atomic mass is 35.5. The second-order valence-corrected chi connectivity index (χ2v) is 5.85. The van der Waals surface area contributed by atoms with Crippen molar-refractivity contribution in [2.24, 2.45) is 5.92 Å². The first-order chi connectivity index (χ1) is 11.2. The van der Waals surface area contributed by atoms with Crippen LogP contribution in [0.5, 0.6) is 11.5 Å². The summed E-state index contributed by atoms with van der Waals surface area (Å²) in [4.78, 5) is 14.3. The van der Waals surface area contributed by atoms with E-state index in [1.165, 1.54) is 0 Å². The molecule has 1 aliphatic rings. The fourth-order valence-corrected chi connectivity index (χ4v) is 2.83. The van der Waals surface area contributed by atoms with Crippen LogP contribution in [-0.2, 0) is 4.79 Å². The topological polar surface area (TPSA) is 41.6 Å². The van der Waals surface area contributed by atoms with Gasteiger partial charge in [-0.25, -0.2) is 0 Å². The fourth-order valence-electron chi connectivity index (χ4n) is 2.83. The van der Waals surface area contributed by atoms with E-state index in [0.29, 0.717) is 0 Å². The van der Waals surface area contributed by atoms with E-state index in [1.807, 2.05) is 61.6 Å². The summed E-state index contributed by atoms with van der Waals surface area (Å²) < 4.78 is 5.78. The van der Waals surface area contributed by atoms with E-state index in [-0.39, 0.29) is 24.2 Å². The van der Waals surface area contributed by atoms with E-state index < -0.39 is 0 Å². The van der Waals surface area contributed by atoms with E-state index in [4.69, 9.17) is 4.74 Å². The van der Waals surface area contributed by atoms with Gasteiger partial charge >= 0.3 is 0 Å². The number of benzene rings is 2. The van der Waals surface area contributed by atoms with E-state index in [2.05, 4.69) is 5.32 Å². The van der Waals surface area contributed by atoms with Crippen molar-refractivity contribution < 1.29 is 9.53 Å². The summed E-state index contributed by atoms with van der Waals surface area (Å²) in [5, 5.41) is 3.29. The number of nitrogens with zero attached hydrogens (tertiary/aromatic N) is 1. The number of hydrogen-bond acceptors (Lipinski definition) is 3. The number of para-hydroxylation sites is 1. The normalized spacial score (nSPS) is 16.8. The van der Waals surface area contributed by atoms with Gasteiger partial charge in [-0.2, -0.15) is 0 Å². The SMILES string of the molecule is CN(C(=O)C1CCCNC1)c1ccc(Oc2ccccc2)cc1.Cl. The highest BCUT2D eigenvalue weighted by molar-refractivity contribution is 5.94. The quantitative estimate of drug-likeness (QED) is 0.913. The summed E-state index contributed by atoms with van der Waals surface area (Å²) in [5.74, 6) is 1.82. The van der Waals surface area contributed by atoms with Crippen LogP contribution in [0.15, 0.2) is 54.6 Å².